The standard InChI is InChI=1S/C31H34N2O6/c1-20(16-28(34)33-29(30(35)36)21(2)38-18-22-10-4-3-5-11-22)17-32-31(37)39-19-27-25-14-8-6-12-23(25)24-13-7-9-15-26(24)27/h3-15,20-21,27,29H,16-19H2,1-2H3,(H,32,37)(H,33,34)(H,35,36)/t20?,21-,29+/m0/s1. The van der Waals surface area contributed by atoms with Crippen molar-refractivity contribution < 1.29 is 29.0 Å². The fraction of sp³-hybridized carbons (Fsp3) is 0.323. The number of alkyl carbamates (subject to hydrolysis) is 1. The number of fused-ring (bicyclic) bond motifs is 3. The molecule has 0 aromatic heterocycles. The molecule has 0 spiro atoms. The lowest BCUT2D eigenvalue weighted by Crippen LogP contribution is -2.49. The van der Waals surface area contributed by atoms with Crippen LogP contribution in [0.4, 0.5) is 4.79 Å². The molecule has 8 heteroatoms. The van der Waals surface area contributed by atoms with Gasteiger partial charge in [-0.1, -0.05) is 85.8 Å². The van der Waals surface area contributed by atoms with Gasteiger partial charge < -0.3 is 25.2 Å². The normalized spacial score (nSPS) is 14.4. The highest BCUT2D eigenvalue weighted by Crippen LogP contribution is 2.44. The second-order valence-electron chi connectivity index (χ2n) is 9.90. The highest BCUT2D eigenvalue weighted by molar-refractivity contribution is 5.84. The third kappa shape index (κ3) is 7.23. The van der Waals surface area contributed by atoms with Gasteiger partial charge in [-0.2, -0.15) is 0 Å². The number of hydrogen-bond acceptors (Lipinski definition) is 5. The van der Waals surface area contributed by atoms with Crippen molar-refractivity contribution in [3.63, 3.8) is 0 Å². The minimum Gasteiger partial charge on any atom is -0.480 e. The Morgan fingerprint density at radius 3 is 2.08 bits per heavy atom. The van der Waals surface area contributed by atoms with E-state index in [9.17, 15) is 19.5 Å². The van der Waals surface area contributed by atoms with Crippen LogP contribution in [0.1, 0.15) is 42.9 Å². The molecule has 3 atom stereocenters. The third-order valence-corrected chi connectivity index (χ3v) is 6.88. The summed E-state index contributed by atoms with van der Waals surface area (Å²) in [4.78, 5) is 36.7. The molecular weight excluding hydrogens is 496 g/mol. The number of aliphatic carboxylic acids is 1. The van der Waals surface area contributed by atoms with Gasteiger partial charge in [0, 0.05) is 18.9 Å². The Morgan fingerprint density at radius 2 is 1.46 bits per heavy atom. The molecular formula is C31H34N2O6. The number of amides is 2. The van der Waals surface area contributed by atoms with Crippen LogP contribution in [-0.2, 0) is 25.7 Å². The molecule has 204 valence electrons. The number of hydrogen-bond donors (Lipinski definition) is 3. The van der Waals surface area contributed by atoms with E-state index in [4.69, 9.17) is 9.47 Å². The zero-order chi connectivity index (χ0) is 27.8. The minimum atomic E-state index is -1.19. The van der Waals surface area contributed by atoms with Crippen molar-refractivity contribution in [2.45, 2.75) is 44.9 Å². The lowest BCUT2D eigenvalue weighted by atomic mass is 9.98. The maximum atomic E-state index is 12.6. The summed E-state index contributed by atoms with van der Waals surface area (Å²) < 4.78 is 11.2. The van der Waals surface area contributed by atoms with Crippen LogP contribution in [0.25, 0.3) is 11.1 Å². The molecule has 0 radical (unpaired) electrons. The number of rotatable bonds is 12. The van der Waals surface area contributed by atoms with Crippen molar-refractivity contribution in [2.75, 3.05) is 13.2 Å². The summed E-state index contributed by atoms with van der Waals surface area (Å²) >= 11 is 0. The van der Waals surface area contributed by atoms with E-state index in [-0.39, 0.29) is 38.0 Å². The first kappa shape index (κ1) is 27.9. The largest absolute Gasteiger partial charge is 0.480 e. The van der Waals surface area contributed by atoms with E-state index >= 15 is 0 Å². The van der Waals surface area contributed by atoms with E-state index in [1.807, 2.05) is 54.6 Å². The smallest absolute Gasteiger partial charge is 0.407 e. The van der Waals surface area contributed by atoms with Crippen LogP contribution in [-0.4, -0.2) is 48.4 Å². The van der Waals surface area contributed by atoms with Gasteiger partial charge >= 0.3 is 12.1 Å². The predicted molar refractivity (Wildman–Crippen MR) is 147 cm³/mol. The first-order valence-electron chi connectivity index (χ1n) is 13.1. The quantitative estimate of drug-likeness (QED) is 0.312. The molecule has 0 heterocycles. The van der Waals surface area contributed by atoms with Gasteiger partial charge in [-0.15, -0.1) is 0 Å². The van der Waals surface area contributed by atoms with E-state index in [1.54, 1.807) is 13.8 Å². The molecule has 0 bridgehead atoms. The van der Waals surface area contributed by atoms with Gasteiger partial charge in [-0.3, -0.25) is 4.79 Å². The van der Waals surface area contributed by atoms with Gasteiger partial charge in [0.2, 0.25) is 5.91 Å². The molecule has 1 aliphatic rings. The number of nitrogens with one attached hydrogen (secondary N) is 2. The fourth-order valence-electron chi connectivity index (χ4n) is 4.81. The highest BCUT2D eigenvalue weighted by atomic mass is 16.5. The van der Waals surface area contributed by atoms with Crippen molar-refractivity contribution >= 4 is 18.0 Å². The van der Waals surface area contributed by atoms with Crippen LogP contribution in [0.3, 0.4) is 0 Å². The minimum absolute atomic E-state index is 0.0367. The molecule has 3 aromatic carbocycles. The summed E-state index contributed by atoms with van der Waals surface area (Å²) in [7, 11) is 0. The second-order valence-corrected chi connectivity index (χ2v) is 9.90. The summed E-state index contributed by atoms with van der Waals surface area (Å²) in [5.41, 5.74) is 5.48. The molecule has 0 aliphatic heterocycles. The molecule has 3 aromatic rings. The van der Waals surface area contributed by atoms with E-state index < -0.39 is 30.1 Å². The Morgan fingerprint density at radius 1 is 0.872 bits per heavy atom. The zero-order valence-electron chi connectivity index (χ0n) is 22.1. The SMILES string of the molecule is CC(CNC(=O)OCC1c2ccccc2-c2ccccc21)CC(=O)N[C@@H](C(=O)O)[C@H](C)OCc1ccccc1. The Bertz CT molecular complexity index is 1250. The zero-order valence-corrected chi connectivity index (χ0v) is 22.1. The summed E-state index contributed by atoms with van der Waals surface area (Å²) in [6, 6.07) is 24.4. The molecule has 0 saturated heterocycles. The molecule has 4 rings (SSSR count). The van der Waals surface area contributed by atoms with Crippen molar-refractivity contribution in [3.05, 3.63) is 95.6 Å². The third-order valence-electron chi connectivity index (χ3n) is 6.88. The van der Waals surface area contributed by atoms with Crippen LogP contribution in [0.5, 0.6) is 0 Å². The number of carbonyl (C=O) groups is 3. The number of ether oxygens (including phenoxy) is 2. The summed E-state index contributed by atoms with van der Waals surface area (Å²) in [6.07, 6.45) is -1.25. The number of carboxylic acids is 1. The highest BCUT2D eigenvalue weighted by Gasteiger charge is 2.30. The molecule has 0 fully saturated rings. The van der Waals surface area contributed by atoms with Crippen LogP contribution in [0, 0.1) is 5.92 Å². The second kappa shape index (κ2) is 13.1. The molecule has 1 unspecified atom stereocenters. The van der Waals surface area contributed by atoms with Gasteiger partial charge in [0.05, 0.1) is 12.7 Å². The van der Waals surface area contributed by atoms with E-state index in [0.29, 0.717) is 0 Å². The van der Waals surface area contributed by atoms with Crippen molar-refractivity contribution in [3.8, 4) is 11.1 Å². The Kier molecular flexibility index (Phi) is 9.33. The average molecular weight is 531 g/mol. The maximum absolute atomic E-state index is 12.6. The fourth-order valence-corrected chi connectivity index (χ4v) is 4.81. The Labute approximate surface area is 228 Å². The lowest BCUT2D eigenvalue weighted by Gasteiger charge is -2.23. The van der Waals surface area contributed by atoms with Crippen LogP contribution in [0.2, 0.25) is 0 Å². The van der Waals surface area contributed by atoms with Gasteiger partial charge in [0.15, 0.2) is 6.04 Å². The summed E-state index contributed by atoms with van der Waals surface area (Å²) in [5.74, 6) is -1.88. The Balaban J connectivity index is 1.21. The monoisotopic (exact) mass is 530 g/mol. The first-order chi connectivity index (χ1) is 18.8. The topological polar surface area (TPSA) is 114 Å². The number of carboxylic acid groups (broad SMARTS) is 1. The Hall–Kier alpha value is -4.17. The maximum Gasteiger partial charge on any atom is 0.407 e. The number of carbonyl (C=O) groups excluding carboxylic acids is 2. The van der Waals surface area contributed by atoms with Crippen LogP contribution in [0.15, 0.2) is 78.9 Å². The van der Waals surface area contributed by atoms with Crippen molar-refractivity contribution in [2.24, 2.45) is 5.92 Å². The summed E-state index contributed by atoms with van der Waals surface area (Å²) in [6.45, 7) is 4.07. The number of benzene rings is 3. The van der Waals surface area contributed by atoms with E-state index in [1.165, 1.54) is 0 Å². The molecule has 2 amide bonds. The average Bonchev–Trinajstić information content (AvgIpc) is 3.26. The molecule has 1 aliphatic carbocycles. The van der Waals surface area contributed by atoms with Gasteiger partial charge in [0.1, 0.15) is 6.61 Å². The van der Waals surface area contributed by atoms with E-state index in [0.717, 1.165) is 27.8 Å². The van der Waals surface area contributed by atoms with Gasteiger partial charge in [0.25, 0.3) is 0 Å². The molecule has 0 saturated carbocycles. The predicted octanol–water partition coefficient (Wildman–Crippen LogP) is 4.73. The summed E-state index contributed by atoms with van der Waals surface area (Å²) in [5, 5.41) is 14.9. The molecule has 3 N–H and O–H groups in total. The van der Waals surface area contributed by atoms with Gasteiger partial charge in [-0.25, -0.2) is 9.59 Å². The van der Waals surface area contributed by atoms with Crippen molar-refractivity contribution in [1.29, 1.82) is 0 Å². The van der Waals surface area contributed by atoms with Crippen molar-refractivity contribution in [1.82, 2.24) is 10.6 Å². The molecule has 39 heavy (non-hydrogen) atoms. The van der Waals surface area contributed by atoms with Crippen LogP contribution >= 0.6 is 0 Å². The van der Waals surface area contributed by atoms with Crippen LogP contribution < -0.4 is 10.6 Å². The molecule has 8 nitrogen and oxygen atoms in total. The first-order valence-corrected chi connectivity index (χ1v) is 13.1. The van der Waals surface area contributed by atoms with E-state index in [2.05, 4.69) is 34.9 Å². The van der Waals surface area contributed by atoms with Gasteiger partial charge in [-0.05, 0) is 40.7 Å². The lowest BCUT2D eigenvalue weighted by molar-refractivity contribution is -0.146.